The van der Waals surface area contributed by atoms with E-state index in [1.165, 1.54) is 20.4 Å². The van der Waals surface area contributed by atoms with Crippen molar-refractivity contribution >= 4 is 16.7 Å². The number of hydrogen-bond donors (Lipinski definition) is 1. The van der Waals surface area contributed by atoms with Crippen LogP contribution in [0.3, 0.4) is 0 Å². The number of carbonyl (C=O) groups is 1. The monoisotopic (exact) mass is 321 g/mol. The summed E-state index contributed by atoms with van der Waals surface area (Å²) in [5.41, 5.74) is -0.417. The zero-order valence-corrected chi connectivity index (χ0v) is 13.3. The predicted octanol–water partition coefficient (Wildman–Crippen LogP) is 0.176. The summed E-state index contributed by atoms with van der Waals surface area (Å²) in [7, 11) is 4.49. The SMILES string of the molecule is COCCNC(=O)Cn1ncc2ccc(OC)c(OC)c2c1=O. The second-order valence-electron chi connectivity index (χ2n) is 4.72. The molecule has 0 atom stereocenters. The molecule has 1 amide bonds. The van der Waals surface area contributed by atoms with Gasteiger partial charge in [-0.2, -0.15) is 5.10 Å². The highest BCUT2D eigenvalue weighted by molar-refractivity contribution is 5.89. The standard InChI is InChI=1S/C15H19N3O5/c1-21-7-6-16-12(19)9-18-15(20)13-10(8-17-18)4-5-11(22-2)14(13)23-3/h4-5,8H,6-7,9H2,1-3H3,(H,16,19). The topological polar surface area (TPSA) is 91.7 Å². The van der Waals surface area contributed by atoms with Crippen LogP contribution in [-0.2, 0) is 16.1 Å². The van der Waals surface area contributed by atoms with Crippen molar-refractivity contribution in [2.24, 2.45) is 0 Å². The minimum atomic E-state index is -0.417. The van der Waals surface area contributed by atoms with E-state index in [-0.39, 0.29) is 12.5 Å². The van der Waals surface area contributed by atoms with Gasteiger partial charge in [0, 0.05) is 19.0 Å². The van der Waals surface area contributed by atoms with E-state index in [1.807, 2.05) is 0 Å². The first kappa shape index (κ1) is 16.8. The number of ether oxygens (including phenoxy) is 3. The van der Waals surface area contributed by atoms with Crippen LogP contribution in [0.15, 0.2) is 23.1 Å². The van der Waals surface area contributed by atoms with Gasteiger partial charge in [0.15, 0.2) is 11.5 Å². The average molecular weight is 321 g/mol. The Morgan fingerprint density at radius 3 is 2.70 bits per heavy atom. The van der Waals surface area contributed by atoms with Gasteiger partial charge >= 0.3 is 0 Å². The highest BCUT2D eigenvalue weighted by atomic mass is 16.5. The molecule has 0 bridgehead atoms. The summed E-state index contributed by atoms with van der Waals surface area (Å²) < 4.78 is 16.4. The van der Waals surface area contributed by atoms with E-state index >= 15 is 0 Å². The van der Waals surface area contributed by atoms with Crippen molar-refractivity contribution in [3.8, 4) is 11.5 Å². The summed E-state index contributed by atoms with van der Waals surface area (Å²) in [6.45, 7) is 0.588. The van der Waals surface area contributed by atoms with Gasteiger partial charge in [-0.3, -0.25) is 9.59 Å². The molecule has 23 heavy (non-hydrogen) atoms. The summed E-state index contributed by atoms with van der Waals surface area (Å²) in [5, 5.41) is 7.60. The molecule has 0 saturated heterocycles. The Labute approximate surface area is 132 Å². The van der Waals surface area contributed by atoms with E-state index in [0.717, 1.165) is 4.68 Å². The van der Waals surface area contributed by atoms with Crippen molar-refractivity contribution in [3.63, 3.8) is 0 Å². The number of hydrogen-bond acceptors (Lipinski definition) is 6. The van der Waals surface area contributed by atoms with Crippen LogP contribution < -0.4 is 20.3 Å². The van der Waals surface area contributed by atoms with Crippen LogP contribution in [0.4, 0.5) is 0 Å². The Hall–Kier alpha value is -2.61. The molecule has 1 N–H and O–H groups in total. The van der Waals surface area contributed by atoms with Crippen LogP contribution >= 0.6 is 0 Å². The molecule has 0 unspecified atom stereocenters. The number of carbonyl (C=O) groups excluding carboxylic acids is 1. The molecule has 0 aliphatic rings. The number of aromatic nitrogens is 2. The lowest BCUT2D eigenvalue weighted by Crippen LogP contribution is -2.35. The predicted molar refractivity (Wildman–Crippen MR) is 84.0 cm³/mol. The molecular weight excluding hydrogens is 302 g/mol. The van der Waals surface area contributed by atoms with Gasteiger partial charge in [-0.05, 0) is 12.1 Å². The Morgan fingerprint density at radius 1 is 1.26 bits per heavy atom. The van der Waals surface area contributed by atoms with Crippen molar-refractivity contribution in [2.75, 3.05) is 34.5 Å². The van der Waals surface area contributed by atoms with E-state index < -0.39 is 5.56 Å². The lowest BCUT2D eigenvalue weighted by Gasteiger charge is -2.12. The molecule has 0 aliphatic carbocycles. The normalized spacial score (nSPS) is 10.6. The summed E-state index contributed by atoms with van der Waals surface area (Å²) >= 11 is 0. The Balaban J connectivity index is 2.37. The molecule has 8 heteroatoms. The van der Waals surface area contributed by atoms with Crippen LogP contribution in [0, 0.1) is 0 Å². The van der Waals surface area contributed by atoms with Crippen molar-refractivity contribution in [1.82, 2.24) is 15.1 Å². The maximum atomic E-state index is 12.6. The molecule has 124 valence electrons. The van der Waals surface area contributed by atoms with Crippen molar-refractivity contribution in [3.05, 3.63) is 28.7 Å². The number of benzene rings is 1. The molecule has 1 aromatic carbocycles. The van der Waals surface area contributed by atoms with Gasteiger partial charge in [-0.1, -0.05) is 0 Å². The number of nitrogens with one attached hydrogen (secondary N) is 1. The molecule has 2 aromatic rings. The zero-order chi connectivity index (χ0) is 16.8. The molecule has 0 aliphatic heterocycles. The van der Waals surface area contributed by atoms with E-state index in [0.29, 0.717) is 35.4 Å². The maximum absolute atomic E-state index is 12.6. The molecule has 1 aromatic heterocycles. The van der Waals surface area contributed by atoms with Crippen LogP contribution in [-0.4, -0.2) is 50.2 Å². The molecule has 8 nitrogen and oxygen atoms in total. The fourth-order valence-corrected chi connectivity index (χ4v) is 2.18. The van der Waals surface area contributed by atoms with E-state index in [2.05, 4.69) is 10.4 Å². The quantitative estimate of drug-likeness (QED) is 0.731. The Bertz CT molecular complexity index is 757. The Morgan fingerprint density at radius 2 is 2.04 bits per heavy atom. The van der Waals surface area contributed by atoms with Gasteiger partial charge in [-0.25, -0.2) is 4.68 Å². The second kappa shape index (κ2) is 7.59. The molecule has 1 heterocycles. The molecular formula is C15H19N3O5. The third kappa shape index (κ3) is 3.59. The molecule has 0 fully saturated rings. The Kier molecular flexibility index (Phi) is 5.53. The molecule has 2 rings (SSSR count). The third-order valence-corrected chi connectivity index (χ3v) is 3.28. The van der Waals surface area contributed by atoms with Gasteiger partial charge < -0.3 is 19.5 Å². The molecule has 0 saturated carbocycles. The smallest absolute Gasteiger partial charge is 0.279 e. The van der Waals surface area contributed by atoms with Gasteiger partial charge in [0.1, 0.15) is 6.54 Å². The average Bonchev–Trinajstić information content (AvgIpc) is 2.56. The van der Waals surface area contributed by atoms with E-state index in [4.69, 9.17) is 14.2 Å². The lowest BCUT2D eigenvalue weighted by molar-refractivity contribution is -0.122. The fraction of sp³-hybridized carbons (Fsp3) is 0.400. The lowest BCUT2D eigenvalue weighted by atomic mass is 10.1. The largest absolute Gasteiger partial charge is 0.493 e. The van der Waals surface area contributed by atoms with Gasteiger partial charge in [0.2, 0.25) is 5.91 Å². The van der Waals surface area contributed by atoms with Crippen molar-refractivity contribution in [2.45, 2.75) is 6.54 Å². The highest BCUT2D eigenvalue weighted by Gasteiger charge is 2.15. The molecule has 0 spiro atoms. The first-order chi connectivity index (χ1) is 11.1. The van der Waals surface area contributed by atoms with E-state index in [9.17, 15) is 9.59 Å². The van der Waals surface area contributed by atoms with Gasteiger partial charge in [-0.15, -0.1) is 0 Å². The summed E-state index contributed by atoms with van der Waals surface area (Å²) in [4.78, 5) is 24.4. The van der Waals surface area contributed by atoms with Crippen molar-refractivity contribution < 1.29 is 19.0 Å². The third-order valence-electron chi connectivity index (χ3n) is 3.28. The number of methoxy groups -OCH3 is 3. The fourth-order valence-electron chi connectivity index (χ4n) is 2.18. The van der Waals surface area contributed by atoms with Crippen LogP contribution in [0.1, 0.15) is 0 Å². The number of fused-ring (bicyclic) bond motifs is 1. The van der Waals surface area contributed by atoms with Gasteiger partial charge in [0.05, 0.1) is 32.4 Å². The number of rotatable bonds is 7. The van der Waals surface area contributed by atoms with Crippen LogP contribution in [0.5, 0.6) is 11.5 Å². The first-order valence-electron chi connectivity index (χ1n) is 6.98. The number of amides is 1. The summed E-state index contributed by atoms with van der Waals surface area (Å²) in [6.07, 6.45) is 1.52. The van der Waals surface area contributed by atoms with Crippen LogP contribution in [0.2, 0.25) is 0 Å². The molecule has 0 radical (unpaired) electrons. The zero-order valence-electron chi connectivity index (χ0n) is 13.3. The van der Waals surface area contributed by atoms with E-state index in [1.54, 1.807) is 19.2 Å². The second-order valence-corrected chi connectivity index (χ2v) is 4.72. The minimum absolute atomic E-state index is 0.182. The van der Waals surface area contributed by atoms with Crippen LogP contribution in [0.25, 0.3) is 10.8 Å². The first-order valence-corrected chi connectivity index (χ1v) is 6.98. The summed E-state index contributed by atoms with van der Waals surface area (Å²) in [5.74, 6) is 0.447. The van der Waals surface area contributed by atoms with Gasteiger partial charge in [0.25, 0.3) is 5.56 Å². The summed E-state index contributed by atoms with van der Waals surface area (Å²) in [6, 6.07) is 3.41. The minimum Gasteiger partial charge on any atom is -0.493 e. The van der Waals surface area contributed by atoms with Crippen molar-refractivity contribution in [1.29, 1.82) is 0 Å². The maximum Gasteiger partial charge on any atom is 0.279 e. The number of nitrogens with zero attached hydrogens (tertiary/aromatic N) is 2. The highest BCUT2D eigenvalue weighted by Crippen LogP contribution is 2.32.